The van der Waals surface area contributed by atoms with Crippen LogP contribution < -0.4 is 9.80 Å². The van der Waals surface area contributed by atoms with Crippen molar-refractivity contribution in [2.75, 3.05) is 9.80 Å². The number of hydrogen-bond acceptors (Lipinski definition) is 2. The van der Waals surface area contributed by atoms with E-state index in [1.165, 1.54) is 67.1 Å². The van der Waals surface area contributed by atoms with Crippen molar-refractivity contribution < 1.29 is 0 Å². The maximum atomic E-state index is 2.51. The van der Waals surface area contributed by atoms with Gasteiger partial charge in [-0.2, -0.15) is 0 Å². The molecule has 3 atom stereocenters. The van der Waals surface area contributed by atoms with Gasteiger partial charge in [-0.25, -0.2) is 0 Å². The van der Waals surface area contributed by atoms with E-state index in [1.807, 2.05) is 0 Å². The van der Waals surface area contributed by atoms with Gasteiger partial charge >= 0.3 is 0 Å². The Labute approximate surface area is 347 Å². The van der Waals surface area contributed by atoms with Crippen molar-refractivity contribution in [2.24, 2.45) is 0 Å². The van der Waals surface area contributed by atoms with E-state index in [2.05, 4.69) is 252 Å². The number of allylic oxidation sites excluding steroid dienone is 4. The lowest BCUT2D eigenvalue weighted by Crippen LogP contribution is -2.15. The smallest absolute Gasteiger partial charge is 0.0540 e. The molecule has 280 valence electrons. The fraction of sp³-hybridized carbons (Fsp3) is 0.0370. The van der Waals surface area contributed by atoms with Crippen LogP contribution in [-0.4, -0.2) is 0 Å². The predicted molar refractivity (Wildman–Crippen MR) is 255 cm³/mol. The van der Waals surface area contributed by atoms with Crippen LogP contribution in [0.15, 0.2) is 230 Å². The number of para-hydroxylation sites is 2. The molecule has 0 bridgehead atoms. The highest BCUT2D eigenvalue weighted by molar-refractivity contribution is 7.92. The van der Waals surface area contributed by atoms with Gasteiger partial charge < -0.3 is 9.80 Å². The summed E-state index contributed by atoms with van der Waals surface area (Å²) in [5.41, 5.74) is 18.1. The van der Waals surface area contributed by atoms with Crippen molar-refractivity contribution in [1.29, 1.82) is 0 Å². The fourth-order valence-corrected chi connectivity index (χ4v) is 8.51. The summed E-state index contributed by atoms with van der Waals surface area (Å²) < 4.78 is 0. The standard InChI is InChI=1S/C54H40N2.H4P2/c1-5-17-39(18-6-1)40-29-32-45(33-30-40)55(44-23-11-4-12-24-44)52-27-15-13-25-48(52)43-31-35-50-49-26-14-16-28-53(49)56(54(50)37-43)46-34-36-47(41-19-7-2-8-20-41)51(38-46)42-21-9-3-10-22-42;1-2/h1-25,27-38,49H,26H2;1-2H2. The van der Waals surface area contributed by atoms with Crippen LogP contribution in [0.2, 0.25) is 0 Å². The van der Waals surface area contributed by atoms with Gasteiger partial charge in [0.2, 0.25) is 0 Å². The molecule has 0 radical (unpaired) electrons. The molecule has 58 heavy (non-hydrogen) atoms. The van der Waals surface area contributed by atoms with Gasteiger partial charge in [-0.05, 0) is 106 Å². The molecule has 8 aromatic rings. The Morgan fingerprint density at radius 3 is 1.69 bits per heavy atom. The molecule has 3 unspecified atom stereocenters. The van der Waals surface area contributed by atoms with Crippen molar-refractivity contribution in [3.8, 4) is 44.5 Å². The summed E-state index contributed by atoms with van der Waals surface area (Å²) in [6, 6.07) is 74.7. The van der Waals surface area contributed by atoms with Crippen molar-refractivity contribution in [3.63, 3.8) is 0 Å². The Balaban J connectivity index is 0.00000215. The molecule has 1 aliphatic carbocycles. The van der Waals surface area contributed by atoms with Gasteiger partial charge in [0.05, 0.1) is 11.4 Å². The van der Waals surface area contributed by atoms with E-state index in [4.69, 9.17) is 0 Å². The lowest BCUT2D eigenvalue weighted by atomic mass is 9.90. The van der Waals surface area contributed by atoms with E-state index < -0.39 is 0 Å². The summed E-state index contributed by atoms with van der Waals surface area (Å²) in [5, 5.41) is 0. The molecule has 0 fully saturated rings. The molecule has 4 heteroatoms. The molecule has 1 heterocycles. The van der Waals surface area contributed by atoms with E-state index >= 15 is 0 Å². The lowest BCUT2D eigenvalue weighted by Gasteiger charge is -2.28. The third kappa shape index (κ3) is 7.23. The maximum Gasteiger partial charge on any atom is 0.0540 e. The van der Waals surface area contributed by atoms with E-state index in [0.717, 1.165) is 23.5 Å². The van der Waals surface area contributed by atoms with E-state index in [-0.39, 0.29) is 0 Å². The van der Waals surface area contributed by atoms with Crippen LogP contribution in [-0.2, 0) is 0 Å². The second-order valence-corrected chi connectivity index (χ2v) is 14.5. The first-order valence-corrected chi connectivity index (χ1v) is 22.5. The van der Waals surface area contributed by atoms with Crippen LogP contribution in [0.25, 0.3) is 44.5 Å². The molecule has 10 rings (SSSR count). The Kier molecular flexibility index (Phi) is 11.0. The molecule has 0 saturated carbocycles. The van der Waals surface area contributed by atoms with Crippen LogP contribution in [0.1, 0.15) is 17.9 Å². The number of rotatable bonds is 8. The molecule has 2 aliphatic rings. The zero-order chi connectivity index (χ0) is 39.3. The molecule has 0 saturated heterocycles. The Morgan fingerprint density at radius 2 is 1.00 bits per heavy atom. The molecular formula is C54H44N2P2. The van der Waals surface area contributed by atoms with Gasteiger partial charge in [0.25, 0.3) is 0 Å². The summed E-state index contributed by atoms with van der Waals surface area (Å²) in [6.07, 6.45) is 7.82. The van der Waals surface area contributed by atoms with Crippen molar-refractivity contribution in [1.82, 2.24) is 0 Å². The first kappa shape index (κ1) is 37.3. The van der Waals surface area contributed by atoms with Crippen LogP contribution in [0.4, 0.5) is 28.4 Å². The highest BCUT2D eigenvalue weighted by Gasteiger charge is 2.35. The molecular weight excluding hydrogens is 739 g/mol. The predicted octanol–water partition coefficient (Wildman–Crippen LogP) is 15.6. The second kappa shape index (κ2) is 17.1. The normalized spacial score (nSPS) is 13.8. The average molecular weight is 783 g/mol. The van der Waals surface area contributed by atoms with E-state index in [9.17, 15) is 0 Å². The molecule has 8 aromatic carbocycles. The van der Waals surface area contributed by atoms with Crippen molar-refractivity contribution in [3.05, 3.63) is 236 Å². The van der Waals surface area contributed by atoms with Gasteiger partial charge in [0, 0.05) is 34.2 Å². The quantitative estimate of drug-likeness (QED) is 0.142. The summed E-state index contributed by atoms with van der Waals surface area (Å²) in [6.45, 7) is 0. The minimum absolute atomic E-state index is 0.303. The van der Waals surface area contributed by atoms with Crippen molar-refractivity contribution in [2.45, 2.75) is 12.3 Å². The molecule has 2 nitrogen and oxygen atoms in total. The topological polar surface area (TPSA) is 6.48 Å². The number of anilines is 5. The average Bonchev–Trinajstić information content (AvgIpc) is 3.65. The van der Waals surface area contributed by atoms with Gasteiger partial charge in [-0.1, -0.05) is 170 Å². The fourth-order valence-electron chi connectivity index (χ4n) is 8.51. The van der Waals surface area contributed by atoms with Gasteiger partial charge in [0.15, 0.2) is 0 Å². The lowest BCUT2D eigenvalue weighted by molar-refractivity contribution is 0.820. The van der Waals surface area contributed by atoms with Crippen molar-refractivity contribution >= 4 is 46.3 Å². The third-order valence-electron chi connectivity index (χ3n) is 11.2. The molecule has 1 aliphatic heterocycles. The second-order valence-electron chi connectivity index (χ2n) is 14.5. The van der Waals surface area contributed by atoms with Crippen LogP contribution >= 0.6 is 17.9 Å². The number of nitrogens with zero attached hydrogens (tertiary/aromatic N) is 2. The summed E-state index contributed by atoms with van der Waals surface area (Å²) >= 11 is 0. The van der Waals surface area contributed by atoms with Crippen LogP contribution in [0.5, 0.6) is 0 Å². The zero-order valence-electron chi connectivity index (χ0n) is 32.2. The molecule has 0 amide bonds. The maximum absolute atomic E-state index is 2.51. The van der Waals surface area contributed by atoms with E-state index in [0.29, 0.717) is 5.92 Å². The minimum Gasteiger partial charge on any atom is -0.313 e. The third-order valence-corrected chi connectivity index (χ3v) is 11.2. The monoisotopic (exact) mass is 782 g/mol. The SMILES string of the molecule is C1=CCC2C(=C1)N(c1ccc(-c3ccccc3)c(-c3ccccc3)c1)c1cc(-c3ccccc3N(c3ccccc3)c3ccc(-c4ccccc4)cc3)ccc12.PP. The highest BCUT2D eigenvalue weighted by Crippen LogP contribution is 2.53. The highest BCUT2D eigenvalue weighted by atomic mass is 32.0. The summed E-state index contributed by atoms with van der Waals surface area (Å²) in [4.78, 5) is 4.89. The van der Waals surface area contributed by atoms with Crippen LogP contribution in [0.3, 0.4) is 0 Å². The first-order valence-electron chi connectivity index (χ1n) is 19.8. The largest absolute Gasteiger partial charge is 0.313 e. The van der Waals surface area contributed by atoms with E-state index in [1.54, 1.807) is 0 Å². The molecule has 0 spiro atoms. The number of hydrogen-bond donors (Lipinski definition) is 0. The summed E-state index contributed by atoms with van der Waals surface area (Å²) in [5.74, 6) is 0.303. The minimum atomic E-state index is 0.303. The zero-order valence-corrected chi connectivity index (χ0v) is 34.5. The summed E-state index contributed by atoms with van der Waals surface area (Å²) in [7, 11) is 4.67. The molecule has 0 aromatic heterocycles. The molecule has 0 N–H and O–H groups in total. The Bertz CT molecular complexity index is 2710. The van der Waals surface area contributed by atoms with Gasteiger partial charge in [-0.15, -0.1) is 17.9 Å². The number of benzene rings is 8. The first-order chi connectivity index (χ1) is 28.8. The van der Waals surface area contributed by atoms with Crippen LogP contribution in [0, 0.1) is 0 Å². The Hall–Kier alpha value is -6.30. The number of fused-ring (bicyclic) bond motifs is 3. The van der Waals surface area contributed by atoms with Gasteiger partial charge in [-0.3, -0.25) is 0 Å². The van der Waals surface area contributed by atoms with Gasteiger partial charge in [0.1, 0.15) is 0 Å². The Morgan fingerprint density at radius 1 is 0.448 bits per heavy atom.